The van der Waals surface area contributed by atoms with Gasteiger partial charge in [0.25, 0.3) is 0 Å². The van der Waals surface area contributed by atoms with E-state index in [1.54, 1.807) is 13.8 Å². The Labute approximate surface area is 81.3 Å². The van der Waals surface area contributed by atoms with E-state index in [1.807, 2.05) is 0 Å². The summed E-state index contributed by atoms with van der Waals surface area (Å²) in [6.07, 6.45) is 5.02. The molecular weight excluding hydrogens is 164 g/mol. The van der Waals surface area contributed by atoms with Crippen molar-refractivity contribution in [3.8, 4) is 0 Å². The van der Waals surface area contributed by atoms with Crippen molar-refractivity contribution >= 4 is 5.78 Å². The van der Waals surface area contributed by atoms with Crippen LogP contribution in [-0.2, 0) is 4.79 Å². The van der Waals surface area contributed by atoms with Crippen LogP contribution in [-0.4, -0.2) is 17.0 Å². The first-order valence-electron chi connectivity index (χ1n) is 5.28. The van der Waals surface area contributed by atoms with Crippen LogP contribution >= 0.6 is 0 Å². The van der Waals surface area contributed by atoms with E-state index in [4.69, 9.17) is 0 Å². The van der Waals surface area contributed by atoms with Crippen molar-refractivity contribution in [1.29, 1.82) is 0 Å². The first kappa shape index (κ1) is 12.6. The maximum atomic E-state index is 11.1. The molecule has 0 fully saturated rings. The van der Waals surface area contributed by atoms with Crippen LogP contribution < -0.4 is 0 Å². The van der Waals surface area contributed by atoms with Crippen molar-refractivity contribution < 1.29 is 9.90 Å². The molecule has 0 aromatic rings. The quantitative estimate of drug-likeness (QED) is 0.620. The second-order valence-electron chi connectivity index (χ2n) is 3.81. The van der Waals surface area contributed by atoms with Crippen LogP contribution in [0.5, 0.6) is 0 Å². The molecule has 2 heteroatoms. The van der Waals surface area contributed by atoms with Crippen molar-refractivity contribution in [1.82, 2.24) is 0 Å². The average molecular weight is 186 g/mol. The topological polar surface area (TPSA) is 37.3 Å². The molecule has 0 saturated carbocycles. The molecular formula is C11H22O2. The van der Waals surface area contributed by atoms with Crippen LogP contribution in [0.2, 0.25) is 0 Å². The third kappa shape index (κ3) is 5.81. The van der Waals surface area contributed by atoms with Crippen LogP contribution in [0.15, 0.2) is 0 Å². The third-order valence-corrected chi connectivity index (χ3v) is 2.47. The zero-order chi connectivity index (χ0) is 10.3. The summed E-state index contributed by atoms with van der Waals surface area (Å²) >= 11 is 0. The third-order valence-electron chi connectivity index (χ3n) is 2.47. The van der Waals surface area contributed by atoms with Gasteiger partial charge < -0.3 is 5.11 Å². The lowest BCUT2D eigenvalue weighted by Gasteiger charge is -2.16. The maximum Gasteiger partial charge on any atom is 0.135 e. The van der Waals surface area contributed by atoms with Gasteiger partial charge in [-0.25, -0.2) is 0 Å². The van der Waals surface area contributed by atoms with Gasteiger partial charge in [0.05, 0.1) is 6.10 Å². The smallest absolute Gasteiger partial charge is 0.135 e. The molecule has 0 bridgehead atoms. The molecule has 0 saturated heterocycles. The number of carbonyl (C=O) groups is 1. The number of aliphatic hydroxyl groups excluding tert-OH is 1. The normalized spacial score (nSPS) is 15.4. The number of hydrogen-bond donors (Lipinski definition) is 1. The van der Waals surface area contributed by atoms with E-state index < -0.39 is 6.10 Å². The molecule has 0 rings (SSSR count). The Bertz CT molecular complexity index is 141. The predicted molar refractivity (Wildman–Crippen MR) is 54.6 cm³/mol. The van der Waals surface area contributed by atoms with Crippen LogP contribution in [0, 0.1) is 5.92 Å². The average Bonchev–Trinajstić information content (AvgIpc) is 2.02. The molecule has 2 nitrogen and oxygen atoms in total. The molecule has 0 aliphatic heterocycles. The Hall–Kier alpha value is -0.370. The summed E-state index contributed by atoms with van der Waals surface area (Å²) < 4.78 is 0. The van der Waals surface area contributed by atoms with Crippen LogP contribution in [0.1, 0.15) is 52.9 Å². The van der Waals surface area contributed by atoms with Crippen LogP contribution in [0.4, 0.5) is 0 Å². The fourth-order valence-corrected chi connectivity index (χ4v) is 1.58. The van der Waals surface area contributed by atoms with Crippen molar-refractivity contribution in [2.24, 2.45) is 5.92 Å². The van der Waals surface area contributed by atoms with Gasteiger partial charge in [-0.15, -0.1) is 0 Å². The molecule has 0 aliphatic rings. The van der Waals surface area contributed by atoms with Gasteiger partial charge in [0.15, 0.2) is 0 Å². The minimum absolute atomic E-state index is 0.117. The highest BCUT2D eigenvalue weighted by Gasteiger charge is 2.18. The Morgan fingerprint density at radius 3 is 2.31 bits per heavy atom. The minimum Gasteiger partial charge on any atom is -0.393 e. The Morgan fingerprint density at radius 2 is 1.92 bits per heavy atom. The van der Waals surface area contributed by atoms with E-state index in [0.717, 1.165) is 12.8 Å². The van der Waals surface area contributed by atoms with E-state index >= 15 is 0 Å². The van der Waals surface area contributed by atoms with Crippen molar-refractivity contribution in [3.63, 3.8) is 0 Å². The fraction of sp³-hybridized carbons (Fsp3) is 0.909. The highest BCUT2D eigenvalue weighted by atomic mass is 16.3. The lowest BCUT2D eigenvalue weighted by atomic mass is 9.93. The van der Waals surface area contributed by atoms with Crippen LogP contribution in [0.3, 0.4) is 0 Å². The Balaban J connectivity index is 3.64. The molecule has 1 N–H and O–H groups in total. The van der Waals surface area contributed by atoms with E-state index in [9.17, 15) is 9.90 Å². The van der Waals surface area contributed by atoms with Gasteiger partial charge in [0.2, 0.25) is 0 Å². The molecule has 0 amide bonds. The monoisotopic (exact) mass is 186 g/mol. The molecule has 0 radical (unpaired) electrons. The van der Waals surface area contributed by atoms with Gasteiger partial charge in [-0.05, 0) is 20.3 Å². The largest absolute Gasteiger partial charge is 0.393 e. The lowest BCUT2D eigenvalue weighted by Crippen LogP contribution is -2.23. The zero-order valence-corrected chi connectivity index (χ0v) is 9.05. The van der Waals surface area contributed by atoms with E-state index in [1.165, 1.54) is 19.3 Å². The van der Waals surface area contributed by atoms with E-state index in [0.29, 0.717) is 0 Å². The number of Topliss-reactive ketones (excluding diaryl/α,β-unsaturated/α-hetero) is 1. The first-order chi connectivity index (χ1) is 6.09. The van der Waals surface area contributed by atoms with E-state index in [-0.39, 0.29) is 11.7 Å². The lowest BCUT2D eigenvalue weighted by molar-refractivity contribution is -0.124. The molecule has 0 aliphatic carbocycles. The molecule has 0 aromatic carbocycles. The van der Waals surface area contributed by atoms with Crippen LogP contribution in [0.25, 0.3) is 0 Å². The van der Waals surface area contributed by atoms with Crippen molar-refractivity contribution in [3.05, 3.63) is 0 Å². The molecule has 13 heavy (non-hydrogen) atoms. The summed E-state index contributed by atoms with van der Waals surface area (Å²) in [5.41, 5.74) is 0. The SMILES string of the molecule is CCCCCCC(C(C)=O)C(C)O. The molecule has 0 spiro atoms. The molecule has 2 unspecified atom stereocenters. The molecule has 0 heterocycles. The number of ketones is 1. The number of unbranched alkanes of at least 4 members (excludes halogenated alkanes) is 3. The number of hydrogen-bond acceptors (Lipinski definition) is 2. The fourth-order valence-electron chi connectivity index (χ4n) is 1.58. The van der Waals surface area contributed by atoms with E-state index in [2.05, 4.69) is 6.92 Å². The Kier molecular flexibility index (Phi) is 6.87. The van der Waals surface area contributed by atoms with Gasteiger partial charge in [-0.1, -0.05) is 32.6 Å². The summed E-state index contributed by atoms with van der Waals surface area (Å²) in [6.45, 7) is 5.43. The summed E-state index contributed by atoms with van der Waals surface area (Å²) in [7, 11) is 0. The van der Waals surface area contributed by atoms with Crippen molar-refractivity contribution in [2.75, 3.05) is 0 Å². The van der Waals surface area contributed by atoms with Crippen molar-refractivity contribution in [2.45, 2.75) is 59.0 Å². The first-order valence-corrected chi connectivity index (χ1v) is 5.28. The number of aliphatic hydroxyl groups is 1. The summed E-state index contributed by atoms with van der Waals surface area (Å²) in [5, 5.41) is 9.32. The second kappa shape index (κ2) is 7.07. The van der Waals surface area contributed by atoms with Gasteiger partial charge in [0.1, 0.15) is 5.78 Å². The maximum absolute atomic E-state index is 11.1. The zero-order valence-electron chi connectivity index (χ0n) is 9.05. The summed E-state index contributed by atoms with van der Waals surface area (Å²) in [4.78, 5) is 11.1. The van der Waals surface area contributed by atoms with Gasteiger partial charge in [-0.3, -0.25) is 4.79 Å². The Morgan fingerprint density at radius 1 is 1.31 bits per heavy atom. The second-order valence-corrected chi connectivity index (χ2v) is 3.81. The number of carbonyl (C=O) groups excluding carboxylic acids is 1. The molecule has 78 valence electrons. The predicted octanol–water partition coefficient (Wildman–Crippen LogP) is 2.54. The molecule has 0 aromatic heterocycles. The highest BCUT2D eigenvalue weighted by molar-refractivity contribution is 5.78. The van der Waals surface area contributed by atoms with Gasteiger partial charge in [-0.2, -0.15) is 0 Å². The standard InChI is InChI=1S/C11H22O2/c1-4-5-6-7-8-11(9(2)12)10(3)13/h9,11-12H,4-8H2,1-3H3. The van der Waals surface area contributed by atoms with Gasteiger partial charge >= 0.3 is 0 Å². The highest BCUT2D eigenvalue weighted by Crippen LogP contribution is 2.15. The number of rotatable bonds is 7. The minimum atomic E-state index is -0.487. The summed E-state index contributed by atoms with van der Waals surface area (Å²) in [5.74, 6) is -0.0247. The summed E-state index contributed by atoms with van der Waals surface area (Å²) in [6, 6.07) is 0. The molecule has 2 atom stereocenters. The van der Waals surface area contributed by atoms with Gasteiger partial charge in [0, 0.05) is 5.92 Å².